The van der Waals surface area contributed by atoms with Crippen molar-refractivity contribution >= 4 is 5.97 Å². The normalized spacial score (nSPS) is 7.50. The van der Waals surface area contributed by atoms with Crippen LogP contribution in [0.4, 0.5) is 0 Å². The number of esters is 1. The molecule has 3 heteroatoms. The first-order chi connectivity index (χ1) is 3.81. The van der Waals surface area contributed by atoms with Crippen molar-refractivity contribution < 1.29 is 9.53 Å². The van der Waals surface area contributed by atoms with Crippen molar-refractivity contribution in [3.8, 4) is 0 Å². The SMILES string of the molecule is [C-]#[N+]CCC(=O)OC. The minimum Gasteiger partial charge on any atom is -0.469 e. The van der Waals surface area contributed by atoms with Crippen molar-refractivity contribution in [2.24, 2.45) is 0 Å². The summed E-state index contributed by atoms with van der Waals surface area (Å²) in [6, 6.07) is 0. The Balaban J connectivity index is 3.15. The number of hydrogen-bond donors (Lipinski definition) is 0. The van der Waals surface area contributed by atoms with E-state index in [9.17, 15) is 4.79 Å². The van der Waals surface area contributed by atoms with Gasteiger partial charge in [0.2, 0.25) is 6.54 Å². The molecule has 0 fully saturated rings. The fourth-order valence-electron chi connectivity index (χ4n) is 0.249. The third kappa shape index (κ3) is 3.16. The average Bonchev–Trinajstić information content (AvgIpc) is 1.83. The molecule has 0 aromatic carbocycles. The maximum absolute atomic E-state index is 10.2. The standard InChI is InChI=1S/C5H7NO2/c1-6-4-3-5(7)8-2/h3-4H2,2H3. The molecule has 0 atom stereocenters. The monoisotopic (exact) mass is 113 g/mol. The molecule has 8 heavy (non-hydrogen) atoms. The summed E-state index contributed by atoms with van der Waals surface area (Å²) in [5, 5.41) is 0. The summed E-state index contributed by atoms with van der Waals surface area (Å²) in [7, 11) is 1.31. The zero-order valence-corrected chi connectivity index (χ0v) is 4.68. The Kier molecular flexibility index (Phi) is 3.59. The highest BCUT2D eigenvalue weighted by Crippen LogP contribution is 1.82. The second kappa shape index (κ2) is 4.13. The fourth-order valence-corrected chi connectivity index (χ4v) is 0.249. The molecule has 0 aromatic heterocycles. The van der Waals surface area contributed by atoms with Crippen LogP contribution in [0.2, 0.25) is 0 Å². The van der Waals surface area contributed by atoms with Crippen molar-refractivity contribution in [1.29, 1.82) is 0 Å². The van der Waals surface area contributed by atoms with Gasteiger partial charge in [0.15, 0.2) is 0 Å². The summed E-state index contributed by atoms with van der Waals surface area (Å²) in [6.07, 6.45) is 0.208. The summed E-state index contributed by atoms with van der Waals surface area (Å²) in [5.74, 6) is -0.319. The lowest BCUT2D eigenvalue weighted by molar-refractivity contribution is -0.140. The predicted molar refractivity (Wildman–Crippen MR) is 28.1 cm³/mol. The van der Waals surface area contributed by atoms with Crippen LogP contribution in [0, 0.1) is 6.57 Å². The molecule has 0 N–H and O–H groups in total. The van der Waals surface area contributed by atoms with Crippen molar-refractivity contribution in [2.45, 2.75) is 6.42 Å². The van der Waals surface area contributed by atoms with E-state index >= 15 is 0 Å². The molecule has 0 aromatic rings. The first-order valence-corrected chi connectivity index (χ1v) is 2.21. The van der Waals surface area contributed by atoms with Crippen LogP contribution in [-0.2, 0) is 9.53 Å². The molecule has 0 amide bonds. The first-order valence-electron chi connectivity index (χ1n) is 2.21. The number of nitrogens with zero attached hydrogens (tertiary/aromatic N) is 1. The Morgan fingerprint density at radius 1 is 1.88 bits per heavy atom. The predicted octanol–water partition coefficient (Wildman–Crippen LogP) is 0.469. The molecule has 0 radical (unpaired) electrons. The van der Waals surface area contributed by atoms with E-state index < -0.39 is 0 Å². The van der Waals surface area contributed by atoms with Crippen LogP contribution in [0.15, 0.2) is 0 Å². The van der Waals surface area contributed by atoms with Crippen molar-refractivity contribution in [1.82, 2.24) is 0 Å². The lowest BCUT2D eigenvalue weighted by atomic mass is 10.4. The number of methoxy groups -OCH3 is 1. The van der Waals surface area contributed by atoms with Crippen LogP contribution in [0.1, 0.15) is 6.42 Å². The molecule has 0 aliphatic carbocycles. The van der Waals surface area contributed by atoms with Gasteiger partial charge in [0, 0.05) is 0 Å². The van der Waals surface area contributed by atoms with Crippen LogP contribution < -0.4 is 0 Å². The van der Waals surface area contributed by atoms with Gasteiger partial charge in [-0.2, -0.15) is 0 Å². The number of carbonyl (C=O) groups is 1. The maximum atomic E-state index is 10.2. The zero-order chi connectivity index (χ0) is 6.41. The molecule has 44 valence electrons. The molecule has 0 spiro atoms. The van der Waals surface area contributed by atoms with Gasteiger partial charge in [-0.3, -0.25) is 4.79 Å². The second-order valence-electron chi connectivity index (χ2n) is 1.21. The summed E-state index contributed by atoms with van der Waals surface area (Å²) >= 11 is 0. The second-order valence-corrected chi connectivity index (χ2v) is 1.21. The van der Waals surface area contributed by atoms with Gasteiger partial charge in [0.05, 0.1) is 7.11 Å². The Hall–Kier alpha value is -1.04. The van der Waals surface area contributed by atoms with E-state index in [-0.39, 0.29) is 18.9 Å². The topological polar surface area (TPSA) is 30.7 Å². The van der Waals surface area contributed by atoms with Gasteiger partial charge in [-0.05, 0) is 0 Å². The summed E-state index contributed by atoms with van der Waals surface area (Å²) in [4.78, 5) is 13.2. The Bertz CT molecular complexity index is 114. The molecule has 0 rings (SSSR count). The summed E-state index contributed by atoms with van der Waals surface area (Å²) in [6.45, 7) is 6.52. The minimum absolute atomic E-state index is 0.208. The van der Waals surface area contributed by atoms with Gasteiger partial charge < -0.3 is 9.58 Å². The van der Waals surface area contributed by atoms with Crippen LogP contribution in [-0.4, -0.2) is 19.6 Å². The third-order valence-corrected chi connectivity index (χ3v) is 0.655. The molecule has 0 unspecified atom stereocenters. The molecule has 3 nitrogen and oxygen atoms in total. The first kappa shape index (κ1) is 6.96. The quantitative estimate of drug-likeness (QED) is 0.385. The van der Waals surface area contributed by atoms with E-state index in [2.05, 4.69) is 9.58 Å². The van der Waals surface area contributed by atoms with E-state index in [1.165, 1.54) is 7.11 Å². The molecule has 0 saturated carbocycles. The van der Waals surface area contributed by atoms with Crippen molar-refractivity contribution in [3.05, 3.63) is 11.4 Å². The minimum atomic E-state index is -0.319. The number of carbonyl (C=O) groups excluding carboxylic acids is 1. The number of ether oxygens (including phenoxy) is 1. The maximum Gasteiger partial charge on any atom is 0.313 e. The highest BCUT2D eigenvalue weighted by Gasteiger charge is 1.98. The van der Waals surface area contributed by atoms with Crippen molar-refractivity contribution in [2.75, 3.05) is 13.7 Å². The largest absolute Gasteiger partial charge is 0.469 e. The van der Waals surface area contributed by atoms with Crippen LogP contribution >= 0.6 is 0 Å². The molecule has 0 heterocycles. The van der Waals surface area contributed by atoms with E-state index in [4.69, 9.17) is 6.57 Å². The van der Waals surface area contributed by atoms with E-state index in [0.29, 0.717) is 0 Å². The highest BCUT2D eigenvalue weighted by molar-refractivity contribution is 5.69. The van der Waals surface area contributed by atoms with Gasteiger partial charge in [-0.15, -0.1) is 0 Å². The van der Waals surface area contributed by atoms with Crippen LogP contribution in [0.3, 0.4) is 0 Å². The highest BCUT2D eigenvalue weighted by atomic mass is 16.5. The smallest absolute Gasteiger partial charge is 0.313 e. The fraction of sp³-hybridized carbons (Fsp3) is 0.600. The molecular weight excluding hydrogens is 106 g/mol. The zero-order valence-electron chi connectivity index (χ0n) is 4.68. The summed E-state index contributed by atoms with van der Waals surface area (Å²) in [5.41, 5.74) is 0. The summed E-state index contributed by atoms with van der Waals surface area (Å²) < 4.78 is 4.27. The van der Waals surface area contributed by atoms with E-state index in [1.807, 2.05) is 0 Å². The molecule has 0 saturated heterocycles. The van der Waals surface area contributed by atoms with Gasteiger partial charge in [-0.1, -0.05) is 0 Å². The van der Waals surface area contributed by atoms with Gasteiger partial charge in [0.1, 0.15) is 6.42 Å². The van der Waals surface area contributed by atoms with Crippen LogP contribution in [0.5, 0.6) is 0 Å². The van der Waals surface area contributed by atoms with Crippen LogP contribution in [0.25, 0.3) is 4.85 Å². The molecular formula is C5H7NO2. The number of rotatable bonds is 2. The van der Waals surface area contributed by atoms with E-state index in [0.717, 1.165) is 0 Å². The van der Waals surface area contributed by atoms with Crippen molar-refractivity contribution in [3.63, 3.8) is 0 Å². The van der Waals surface area contributed by atoms with Gasteiger partial charge >= 0.3 is 5.97 Å². The third-order valence-electron chi connectivity index (χ3n) is 0.655. The molecule has 0 aliphatic rings. The van der Waals surface area contributed by atoms with Gasteiger partial charge in [-0.25, -0.2) is 6.57 Å². The number of hydrogen-bond acceptors (Lipinski definition) is 2. The van der Waals surface area contributed by atoms with E-state index in [1.54, 1.807) is 0 Å². The van der Waals surface area contributed by atoms with Gasteiger partial charge in [0.25, 0.3) is 0 Å². The Morgan fingerprint density at radius 3 is 2.88 bits per heavy atom. The molecule has 0 aliphatic heterocycles. The Labute approximate surface area is 48.1 Å². The average molecular weight is 113 g/mol. The molecule has 0 bridgehead atoms. The Morgan fingerprint density at radius 2 is 2.50 bits per heavy atom. The lowest BCUT2D eigenvalue weighted by Crippen LogP contribution is -2.00. The lowest BCUT2D eigenvalue weighted by Gasteiger charge is -1.88.